The van der Waals surface area contributed by atoms with Crippen molar-refractivity contribution in [1.29, 1.82) is 0 Å². The van der Waals surface area contributed by atoms with Crippen molar-refractivity contribution in [3.05, 3.63) is 193 Å². The molecule has 2 heteroatoms. The van der Waals surface area contributed by atoms with Crippen LogP contribution in [0.1, 0.15) is 16.7 Å². The van der Waals surface area contributed by atoms with Crippen LogP contribution in [0, 0.1) is 25.3 Å². The van der Waals surface area contributed by atoms with E-state index in [2.05, 4.69) is 206 Å². The number of aryl methyl sites for hydroxylation is 2. The smallest absolute Gasteiger partial charge is 0.230 e. The molecule has 0 aliphatic carbocycles. The quantitative estimate of drug-likeness (QED) is 0.0772. The molecule has 236 valence electrons. The molecule has 0 unspecified atom stereocenters. The maximum atomic E-state index is 4.09. The first-order valence-corrected chi connectivity index (χ1v) is 19.3. The second-order valence-corrected chi connectivity index (χ2v) is 16.8. The Kier molecular flexibility index (Phi) is 7.23. The molecule has 0 aliphatic heterocycles. The van der Waals surface area contributed by atoms with Crippen LogP contribution in [0.5, 0.6) is 0 Å². The van der Waals surface area contributed by atoms with Gasteiger partial charge in [-0.05, 0) is 53.7 Å². The Morgan fingerprint density at radius 2 is 0.780 bits per heavy atom. The van der Waals surface area contributed by atoms with E-state index in [1.54, 1.807) is 0 Å². The fraction of sp³-hybridized carbons (Fsp3) is 0.0417. The number of hydrogen-bond donors (Lipinski definition) is 0. The lowest BCUT2D eigenvalue weighted by Crippen LogP contribution is -2.66. The lowest BCUT2D eigenvalue weighted by molar-refractivity contribution is 1.21. The number of rotatable bonds is 4. The van der Waals surface area contributed by atoms with Crippen LogP contribution in [0.25, 0.3) is 49.0 Å². The van der Waals surface area contributed by atoms with Gasteiger partial charge in [-0.1, -0.05) is 169 Å². The third-order valence-electron chi connectivity index (χ3n) is 10.2. The first-order chi connectivity index (χ1) is 24.6. The molecule has 0 radical (unpaired) electrons. The van der Waals surface area contributed by atoms with E-state index in [9.17, 15) is 0 Å². The fourth-order valence-electron chi connectivity index (χ4n) is 7.91. The van der Waals surface area contributed by atoms with Crippen molar-refractivity contribution in [1.82, 2.24) is 4.57 Å². The van der Waals surface area contributed by atoms with E-state index in [1.807, 2.05) is 0 Å². The third-order valence-corrected chi connectivity index (χ3v) is 14.3. The Balaban J connectivity index is 1.41. The molecule has 0 amide bonds. The highest BCUT2D eigenvalue weighted by atomic mass is 28.3. The van der Waals surface area contributed by atoms with Gasteiger partial charge in [-0.3, -0.25) is 0 Å². The summed E-state index contributed by atoms with van der Waals surface area (Å²) in [6.45, 7) is 4.36. The van der Waals surface area contributed by atoms with Crippen LogP contribution in [0.15, 0.2) is 176 Å². The molecule has 50 heavy (non-hydrogen) atoms. The van der Waals surface area contributed by atoms with Gasteiger partial charge >= 0.3 is 0 Å². The zero-order valence-electron chi connectivity index (χ0n) is 28.2. The topological polar surface area (TPSA) is 4.93 Å². The van der Waals surface area contributed by atoms with Gasteiger partial charge in [0.25, 0.3) is 0 Å². The van der Waals surface area contributed by atoms with Gasteiger partial charge in [0.05, 0.1) is 16.7 Å². The minimum atomic E-state index is -2.80. The zero-order valence-corrected chi connectivity index (χ0v) is 29.2. The van der Waals surface area contributed by atoms with Crippen molar-refractivity contribution in [2.24, 2.45) is 0 Å². The highest BCUT2D eigenvalue weighted by Crippen LogP contribution is 2.40. The van der Waals surface area contributed by atoms with Crippen LogP contribution in [-0.2, 0) is 0 Å². The zero-order chi connectivity index (χ0) is 33.7. The molecular formula is C48H35NSi. The molecule has 0 bridgehead atoms. The van der Waals surface area contributed by atoms with E-state index in [0.717, 1.165) is 5.56 Å². The summed E-state index contributed by atoms with van der Waals surface area (Å²) in [6.07, 6.45) is 0. The van der Waals surface area contributed by atoms with Crippen molar-refractivity contribution >= 4 is 67.0 Å². The van der Waals surface area contributed by atoms with Gasteiger partial charge in [0, 0.05) is 37.9 Å². The van der Waals surface area contributed by atoms with Crippen LogP contribution >= 0.6 is 0 Å². The van der Waals surface area contributed by atoms with Gasteiger partial charge in [0.1, 0.15) is 0 Å². The summed E-state index contributed by atoms with van der Waals surface area (Å²) in [4.78, 5) is 0. The molecule has 0 atom stereocenters. The number of aromatic nitrogens is 1. The molecule has 0 spiro atoms. The largest absolute Gasteiger partial charge is 0.308 e. The molecule has 9 aromatic rings. The number of benzene rings is 8. The summed E-state index contributed by atoms with van der Waals surface area (Å²) >= 11 is 0. The number of fused-ring (bicyclic) bond motifs is 5. The van der Waals surface area contributed by atoms with Crippen LogP contribution in [0.3, 0.4) is 0 Å². The molecule has 0 saturated heterocycles. The van der Waals surface area contributed by atoms with Crippen LogP contribution < -0.4 is 15.6 Å². The molecule has 0 saturated carbocycles. The van der Waals surface area contributed by atoms with Crippen molar-refractivity contribution in [3.8, 4) is 17.2 Å². The first kappa shape index (κ1) is 30.0. The molecule has 0 aliphatic rings. The van der Waals surface area contributed by atoms with Crippen LogP contribution in [-0.4, -0.2) is 12.6 Å². The highest BCUT2D eigenvalue weighted by Gasteiger charge is 2.38. The van der Waals surface area contributed by atoms with E-state index in [1.165, 1.54) is 75.7 Å². The van der Waals surface area contributed by atoms with E-state index in [4.69, 9.17) is 0 Å². The summed E-state index contributed by atoms with van der Waals surface area (Å²) in [5.41, 5.74) is 11.3. The summed E-state index contributed by atoms with van der Waals surface area (Å²) in [7, 11) is -2.80. The lowest BCUT2D eigenvalue weighted by Gasteiger charge is -2.28. The Bertz CT molecular complexity index is 2550. The van der Waals surface area contributed by atoms with Crippen LogP contribution in [0.4, 0.5) is 0 Å². The summed E-state index contributed by atoms with van der Waals surface area (Å²) < 4.78 is 2.49. The molecular weight excluding hydrogens is 619 g/mol. The molecule has 8 aromatic carbocycles. The monoisotopic (exact) mass is 653 g/mol. The minimum Gasteiger partial charge on any atom is -0.308 e. The summed E-state index contributed by atoms with van der Waals surface area (Å²) in [6, 6.07) is 64.2. The molecule has 1 aromatic heterocycles. The Hall–Kier alpha value is -6.14. The van der Waals surface area contributed by atoms with E-state index >= 15 is 0 Å². The maximum absolute atomic E-state index is 4.09. The Morgan fingerprint density at radius 1 is 0.400 bits per heavy atom. The molecule has 9 rings (SSSR count). The molecule has 1 heterocycles. The molecule has 0 fully saturated rings. The fourth-order valence-corrected chi connectivity index (χ4v) is 11.7. The molecule has 1 nitrogen and oxygen atoms in total. The third kappa shape index (κ3) is 4.71. The second-order valence-electron chi connectivity index (χ2n) is 13.3. The Morgan fingerprint density at radius 3 is 1.20 bits per heavy atom. The standard InChI is InChI=1S/C48H35NSi/c1-34-26-28-46-44(32-34)45-33-35(2)27-29-47(45)49(46)48-42-24-14-12-22-39(42)41(40-23-13-15-25-43(40)48)30-31-50(36-16-6-3-7-17-36,37-18-8-4-9-19-37)38-20-10-5-11-21-38/h3-29,32-33H,1-2H3. The van der Waals surface area contributed by atoms with Gasteiger partial charge in [-0.15, -0.1) is 5.54 Å². The van der Waals surface area contributed by atoms with Crippen molar-refractivity contribution < 1.29 is 0 Å². The van der Waals surface area contributed by atoms with Crippen LogP contribution in [0.2, 0.25) is 0 Å². The van der Waals surface area contributed by atoms with Gasteiger partial charge in [-0.2, -0.15) is 0 Å². The predicted molar refractivity (Wildman–Crippen MR) is 216 cm³/mol. The van der Waals surface area contributed by atoms with Gasteiger partial charge in [0.15, 0.2) is 0 Å². The SMILES string of the molecule is Cc1ccc2c(c1)c1cc(C)ccc1n2-c1c2ccccc2c(C#C[Si](c2ccccc2)(c2ccccc2)c2ccccc2)c2ccccc12. The van der Waals surface area contributed by atoms with Gasteiger partial charge in [-0.25, -0.2) is 0 Å². The number of hydrogen-bond acceptors (Lipinski definition) is 0. The summed E-state index contributed by atoms with van der Waals surface area (Å²) in [5, 5.41) is 11.1. The normalized spacial score (nSPS) is 11.6. The summed E-state index contributed by atoms with van der Waals surface area (Å²) in [5.74, 6) is 3.93. The van der Waals surface area contributed by atoms with E-state index in [0.29, 0.717) is 0 Å². The average Bonchev–Trinajstić information content (AvgIpc) is 3.48. The van der Waals surface area contributed by atoms with Gasteiger partial charge in [0.2, 0.25) is 8.07 Å². The van der Waals surface area contributed by atoms with Gasteiger partial charge < -0.3 is 4.57 Å². The van der Waals surface area contributed by atoms with E-state index < -0.39 is 8.07 Å². The second kappa shape index (κ2) is 12.1. The Labute approximate surface area is 294 Å². The van der Waals surface area contributed by atoms with Crippen molar-refractivity contribution in [2.45, 2.75) is 13.8 Å². The highest BCUT2D eigenvalue weighted by molar-refractivity contribution is 7.16. The lowest BCUT2D eigenvalue weighted by atomic mass is 9.95. The maximum Gasteiger partial charge on any atom is 0.230 e. The van der Waals surface area contributed by atoms with Crippen molar-refractivity contribution in [3.63, 3.8) is 0 Å². The molecule has 0 N–H and O–H groups in total. The average molecular weight is 654 g/mol. The minimum absolute atomic E-state index is 1.08. The predicted octanol–water partition coefficient (Wildman–Crippen LogP) is 9.77. The number of nitrogens with zero attached hydrogens (tertiary/aromatic N) is 1. The first-order valence-electron chi connectivity index (χ1n) is 17.3. The van der Waals surface area contributed by atoms with E-state index in [-0.39, 0.29) is 0 Å². The van der Waals surface area contributed by atoms with Crippen molar-refractivity contribution in [2.75, 3.05) is 0 Å².